The first kappa shape index (κ1) is 11.3. The standard InChI is InChI=1S/C13H19NO2/c1-15-13-7-11(8-14)5-6-12(13)16-9-10-3-2-4-10/h5-7,10H,2-4,8-9,14H2,1H3. The van der Waals surface area contributed by atoms with Gasteiger partial charge >= 0.3 is 0 Å². The molecule has 0 unspecified atom stereocenters. The van der Waals surface area contributed by atoms with E-state index in [1.165, 1.54) is 19.3 Å². The molecule has 1 aromatic rings. The molecule has 3 heteroatoms. The van der Waals surface area contributed by atoms with Crippen LogP contribution in [0.2, 0.25) is 0 Å². The second-order valence-corrected chi connectivity index (χ2v) is 4.30. The first-order valence-corrected chi connectivity index (χ1v) is 5.83. The van der Waals surface area contributed by atoms with Crippen molar-refractivity contribution in [3.63, 3.8) is 0 Å². The van der Waals surface area contributed by atoms with Crippen molar-refractivity contribution in [1.82, 2.24) is 0 Å². The molecule has 0 aromatic heterocycles. The Morgan fingerprint density at radius 3 is 2.69 bits per heavy atom. The third kappa shape index (κ3) is 2.47. The van der Waals surface area contributed by atoms with Crippen LogP contribution in [-0.4, -0.2) is 13.7 Å². The molecule has 0 atom stereocenters. The summed E-state index contributed by atoms with van der Waals surface area (Å²) in [4.78, 5) is 0. The van der Waals surface area contributed by atoms with Crippen molar-refractivity contribution in [1.29, 1.82) is 0 Å². The third-order valence-electron chi connectivity index (χ3n) is 3.16. The van der Waals surface area contributed by atoms with Crippen LogP contribution in [-0.2, 0) is 6.54 Å². The van der Waals surface area contributed by atoms with E-state index in [9.17, 15) is 0 Å². The average molecular weight is 221 g/mol. The van der Waals surface area contributed by atoms with Crippen molar-refractivity contribution in [2.75, 3.05) is 13.7 Å². The summed E-state index contributed by atoms with van der Waals surface area (Å²) in [6.07, 6.45) is 3.93. The highest BCUT2D eigenvalue weighted by Crippen LogP contribution is 2.31. The lowest BCUT2D eigenvalue weighted by atomic mass is 9.86. The molecule has 1 aromatic carbocycles. The highest BCUT2D eigenvalue weighted by molar-refractivity contribution is 5.42. The molecule has 3 nitrogen and oxygen atoms in total. The summed E-state index contributed by atoms with van der Waals surface area (Å²) < 4.78 is 11.1. The zero-order valence-corrected chi connectivity index (χ0v) is 9.74. The number of nitrogens with two attached hydrogens (primary N) is 1. The van der Waals surface area contributed by atoms with Crippen LogP contribution < -0.4 is 15.2 Å². The maximum Gasteiger partial charge on any atom is 0.161 e. The maximum atomic E-state index is 5.77. The van der Waals surface area contributed by atoms with Crippen LogP contribution in [0.1, 0.15) is 24.8 Å². The van der Waals surface area contributed by atoms with E-state index in [0.29, 0.717) is 6.54 Å². The van der Waals surface area contributed by atoms with Gasteiger partial charge in [0.2, 0.25) is 0 Å². The molecule has 1 fully saturated rings. The number of benzene rings is 1. The van der Waals surface area contributed by atoms with E-state index < -0.39 is 0 Å². The van der Waals surface area contributed by atoms with E-state index in [2.05, 4.69) is 0 Å². The molecule has 2 rings (SSSR count). The number of rotatable bonds is 5. The Hall–Kier alpha value is -1.22. The summed E-state index contributed by atoms with van der Waals surface area (Å²) in [5, 5.41) is 0. The second-order valence-electron chi connectivity index (χ2n) is 4.30. The molecule has 88 valence electrons. The van der Waals surface area contributed by atoms with Gasteiger partial charge in [-0.25, -0.2) is 0 Å². The lowest BCUT2D eigenvalue weighted by Crippen LogP contribution is -2.19. The van der Waals surface area contributed by atoms with Gasteiger partial charge in [0.25, 0.3) is 0 Å². The van der Waals surface area contributed by atoms with E-state index in [-0.39, 0.29) is 0 Å². The quantitative estimate of drug-likeness (QED) is 0.830. The van der Waals surface area contributed by atoms with Crippen molar-refractivity contribution >= 4 is 0 Å². The number of ether oxygens (including phenoxy) is 2. The van der Waals surface area contributed by atoms with Crippen LogP contribution in [0.5, 0.6) is 11.5 Å². The normalized spacial score (nSPS) is 15.6. The first-order chi connectivity index (χ1) is 7.83. The Kier molecular flexibility index (Phi) is 3.67. The van der Waals surface area contributed by atoms with Gasteiger partial charge in [0, 0.05) is 6.54 Å². The largest absolute Gasteiger partial charge is 0.493 e. The summed E-state index contributed by atoms with van der Waals surface area (Å²) in [7, 11) is 1.66. The first-order valence-electron chi connectivity index (χ1n) is 5.83. The number of hydrogen-bond acceptors (Lipinski definition) is 3. The maximum absolute atomic E-state index is 5.77. The van der Waals surface area contributed by atoms with E-state index in [1.54, 1.807) is 7.11 Å². The Morgan fingerprint density at radius 1 is 1.31 bits per heavy atom. The number of methoxy groups -OCH3 is 1. The van der Waals surface area contributed by atoms with Crippen molar-refractivity contribution < 1.29 is 9.47 Å². The molecule has 0 heterocycles. The van der Waals surface area contributed by atoms with Crippen LogP contribution in [0.4, 0.5) is 0 Å². The molecule has 16 heavy (non-hydrogen) atoms. The molecule has 1 aliphatic rings. The van der Waals surface area contributed by atoms with E-state index >= 15 is 0 Å². The minimum atomic E-state index is 0.527. The van der Waals surface area contributed by atoms with Crippen molar-refractivity contribution in [2.24, 2.45) is 11.7 Å². The third-order valence-corrected chi connectivity index (χ3v) is 3.16. The molecule has 1 saturated carbocycles. The zero-order chi connectivity index (χ0) is 11.4. The van der Waals surface area contributed by atoms with Gasteiger partial charge in [-0.3, -0.25) is 0 Å². The van der Waals surface area contributed by atoms with Crippen LogP contribution in [0.3, 0.4) is 0 Å². The minimum Gasteiger partial charge on any atom is -0.493 e. The number of hydrogen-bond donors (Lipinski definition) is 1. The summed E-state index contributed by atoms with van der Waals surface area (Å²) >= 11 is 0. The van der Waals surface area contributed by atoms with Gasteiger partial charge in [0.05, 0.1) is 13.7 Å². The van der Waals surface area contributed by atoms with Gasteiger partial charge in [0.15, 0.2) is 11.5 Å². The fraction of sp³-hybridized carbons (Fsp3) is 0.538. The van der Waals surface area contributed by atoms with Crippen molar-refractivity contribution in [3.8, 4) is 11.5 Å². The molecule has 0 amide bonds. The highest BCUT2D eigenvalue weighted by atomic mass is 16.5. The monoisotopic (exact) mass is 221 g/mol. The fourth-order valence-electron chi connectivity index (χ4n) is 1.83. The van der Waals surface area contributed by atoms with Crippen molar-refractivity contribution in [2.45, 2.75) is 25.8 Å². The predicted octanol–water partition coefficient (Wildman–Crippen LogP) is 2.33. The van der Waals surface area contributed by atoms with Crippen LogP contribution in [0, 0.1) is 5.92 Å². The topological polar surface area (TPSA) is 44.5 Å². The van der Waals surface area contributed by atoms with E-state index in [4.69, 9.17) is 15.2 Å². The van der Waals surface area contributed by atoms with Gasteiger partial charge in [-0.15, -0.1) is 0 Å². The fourth-order valence-corrected chi connectivity index (χ4v) is 1.83. The molecule has 0 saturated heterocycles. The lowest BCUT2D eigenvalue weighted by molar-refractivity contribution is 0.176. The molecule has 0 radical (unpaired) electrons. The molecule has 0 spiro atoms. The zero-order valence-electron chi connectivity index (χ0n) is 9.74. The van der Waals surface area contributed by atoms with Crippen LogP contribution in [0.15, 0.2) is 18.2 Å². The molecular weight excluding hydrogens is 202 g/mol. The van der Waals surface area contributed by atoms with Crippen molar-refractivity contribution in [3.05, 3.63) is 23.8 Å². The van der Waals surface area contributed by atoms with Gasteiger partial charge < -0.3 is 15.2 Å². The average Bonchev–Trinajstić information content (AvgIpc) is 2.27. The predicted molar refractivity (Wildman–Crippen MR) is 63.7 cm³/mol. The molecule has 0 bridgehead atoms. The smallest absolute Gasteiger partial charge is 0.161 e. The van der Waals surface area contributed by atoms with Gasteiger partial charge in [-0.05, 0) is 36.5 Å². The summed E-state index contributed by atoms with van der Waals surface area (Å²) in [6, 6.07) is 5.87. The van der Waals surface area contributed by atoms with Gasteiger partial charge in [-0.1, -0.05) is 12.5 Å². The van der Waals surface area contributed by atoms with Gasteiger partial charge in [-0.2, -0.15) is 0 Å². The van der Waals surface area contributed by atoms with E-state index in [0.717, 1.165) is 29.6 Å². The lowest BCUT2D eigenvalue weighted by Gasteiger charge is -2.25. The Bertz CT molecular complexity index is 348. The second kappa shape index (κ2) is 5.21. The molecule has 0 aliphatic heterocycles. The van der Waals surface area contributed by atoms with Gasteiger partial charge in [0.1, 0.15) is 0 Å². The SMILES string of the molecule is COc1cc(CN)ccc1OCC1CCC1. The Morgan fingerprint density at radius 2 is 2.12 bits per heavy atom. The van der Waals surface area contributed by atoms with Crippen LogP contribution in [0.25, 0.3) is 0 Å². The minimum absolute atomic E-state index is 0.527. The summed E-state index contributed by atoms with van der Waals surface area (Å²) in [6.45, 7) is 1.33. The molecular formula is C13H19NO2. The molecule has 1 aliphatic carbocycles. The Labute approximate surface area is 96.5 Å². The summed E-state index contributed by atoms with van der Waals surface area (Å²) in [5.74, 6) is 2.34. The summed E-state index contributed by atoms with van der Waals surface area (Å²) in [5.41, 5.74) is 6.64. The molecule has 2 N–H and O–H groups in total. The van der Waals surface area contributed by atoms with Crippen LogP contribution >= 0.6 is 0 Å². The highest BCUT2D eigenvalue weighted by Gasteiger charge is 2.18. The Balaban J connectivity index is 2.00. The van der Waals surface area contributed by atoms with E-state index in [1.807, 2.05) is 18.2 Å².